The Morgan fingerprint density at radius 3 is 2.60 bits per heavy atom. The van der Waals surface area contributed by atoms with Gasteiger partial charge in [-0.2, -0.15) is 0 Å². The molecule has 0 aliphatic heterocycles. The number of halogens is 2. The molecule has 0 aromatic heterocycles. The number of hydrogen-bond acceptors (Lipinski definition) is 2. The fraction of sp³-hybridized carbons (Fsp3) is 0.300. The molecule has 0 aliphatic rings. The Labute approximate surface area is 85.7 Å². The van der Waals surface area contributed by atoms with E-state index in [0.717, 1.165) is 12.1 Å². The Kier molecular flexibility index (Phi) is 3.74. The van der Waals surface area contributed by atoms with Gasteiger partial charge in [-0.15, -0.1) is 0 Å². The molecule has 0 aliphatic carbocycles. The highest BCUT2D eigenvalue weighted by Crippen LogP contribution is 2.16. The molecule has 5 heteroatoms. The third kappa shape index (κ3) is 2.73. The van der Waals surface area contributed by atoms with Crippen molar-refractivity contribution in [2.24, 2.45) is 0 Å². The zero-order chi connectivity index (χ0) is 11.4. The largest absolute Gasteiger partial charge is 0.480 e. The summed E-state index contributed by atoms with van der Waals surface area (Å²) in [5, 5.41) is 11.5. The molecule has 0 heterocycles. The molecular weight excluding hydrogens is 204 g/mol. The first-order chi connectivity index (χ1) is 7.06. The van der Waals surface area contributed by atoms with Gasteiger partial charge in [0, 0.05) is 0 Å². The van der Waals surface area contributed by atoms with E-state index in [0.29, 0.717) is 6.54 Å². The van der Waals surface area contributed by atoms with E-state index in [1.807, 2.05) is 0 Å². The van der Waals surface area contributed by atoms with Gasteiger partial charge in [0.25, 0.3) is 0 Å². The van der Waals surface area contributed by atoms with Crippen LogP contribution in [0.5, 0.6) is 0 Å². The minimum Gasteiger partial charge on any atom is -0.480 e. The Morgan fingerprint density at radius 2 is 2.13 bits per heavy atom. The van der Waals surface area contributed by atoms with E-state index in [-0.39, 0.29) is 5.56 Å². The van der Waals surface area contributed by atoms with Gasteiger partial charge in [0.2, 0.25) is 0 Å². The molecule has 0 spiro atoms. The summed E-state index contributed by atoms with van der Waals surface area (Å²) in [6.45, 7) is 2.16. The molecule has 1 aromatic carbocycles. The van der Waals surface area contributed by atoms with Gasteiger partial charge >= 0.3 is 5.97 Å². The first kappa shape index (κ1) is 11.6. The molecule has 0 saturated carbocycles. The van der Waals surface area contributed by atoms with Crippen molar-refractivity contribution in [3.63, 3.8) is 0 Å². The van der Waals surface area contributed by atoms with Crippen LogP contribution in [-0.4, -0.2) is 17.6 Å². The van der Waals surface area contributed by atoms with E-state index in [4.69, 9.17) is 5.11 Å². The van der Waals surface area contributed by atoms with E-state index in [1.165, 1.54) is 6.07 Å². The first-order valence-corrected chi connectivity index (χ1v) is 4.47. The Morgan fingerprint density at radius 1 is 1.47 bits per heavy atom. The number of aliphatic carboxylic acids is 1. The molecular formula is C10H11F2NO2. The molecule has 0 bridgehead atoms. The number of carboxylic acid groups (broad SMARTS) is 1. The quantitative estimate of drug-likeness (QED) is 0.803. The van der Waals surface area contributed by atoms with E-state index in [2.05, 4.69) is 5.32 Å². The summed E-state index contributed by atoms with van der Waals surface area (Å²) in [5.74, 6) is -3.15. The Bertz CT molecular complexity index is 368. The summed E-state index contributed by atoms with van der Waals surface area (Å²) in [6, 6.07) is 2.04. The summed E-state index contributed by atoms with van der Waals surface area (Å²) in [7, 11) is 0. The molecule has 1 rings (SSSR count). The molecule has 0 radical (unpaired) electrons. The number of carbonyl (C=O) groups is 1. The predicted molar refractivity (Wildman–Crippen MR) is 50.4 cm³/mol. The van der Waals surface area contributed by atoms with Crippen LogP contribution in [0.3, 0.4) is 0 Å². The highest BCUT2D eigenvalue weighted by atomic mass is 19.2. The van der Waals surface area contributed by atoms with Crippen molar-refractivity contribution in [3.8, 4) is 0 Å². The van der Waals surface area contributed by atoms with Gasteiger partial charge in [-0.05, 0) is 24.2 Å². The maximum atomic E-state index is 12.8. The molecule has 0 amide bonds. The van der Waals surface area contributed by atoms with E-state index in [9.17, 15) is 13.6 Å². The van der Waals surface area contributed by atoms with Crippen LogP contribution in [0.15, 0.2) is 18.2 Å². The third-order valence-electron chi connectivity index (χ3n) is 1.93. The molecule has 0 unspecified atom stereocenters. The van der Waals surface area contributed by atoms with Crippen LogP contribution in [0.4, 0.5) is 8.78 Å². The van der Waals surface area contributed by atoms with Crippen molar-refractivity contribution < 1.29 is 18.7 Å². The Balaban J connectivity index is 3.01. The summed E-state index contributed by atoms with van der Waals surface area (Å²) in [6.07, 6.45) is 0. The lowest BCUT2D eigenvalue weighted by atomic mass is 10.1. The lowest BCUT2D eigenvalue weighted by Crippen LogP contribution is -2.28. The Hall–Kier alpha value is -1.49. The molecule has 3 nitrogen and oxygen atoms in total. The summed E-state index contributed by atoms with van der Waals surface area (Å²) in [5.41, 5.74) is 0.197. The number of nitrogens with one attached hydrogen (secondary N) is 1. The second-order valence-electron chi connectivity index (χ2n) is 3.00. The number of likely N-dealkylation sites (N-methyl/N-ethyl adjacent to an activating group) is 1. The van der Waals surface area contributed by atoms with E-state index >= 15 is 0 Å². The average molecular weight is 215 g/mol. The zero-order valence-electron chi connectivity index (χ0n) is 8.13. The van der Waals surface area contributed by atoms with Gasteiger partial charge in [0.1, 0.15) is 6.04 Å². The molecule has 0 saturated heterocycles. The fourth-order valence-electron chi connectivity index (χ4n) is 1.24. The maximum absolute atomic E-state index is 12.8. The van der Waals surface area contributed by atoms with Gasteiger partial charge in [-0.1, -0.05) is 13.0 Å². The minimum absolute atomic E-state index is 0.197. The van der Waals surface area contributed by atoms with Crippen molar-refractivity contribution in [1.82, 2.24) is 5.32 Å². The number of rotatable bonds is 4. The molecule has 82 valence electrons. The van der Waals surface area contributed by atoms with Gasteiger partial charge in [0.15, 0.2) is 11.6 Å². The van der Waals surface area contributed by atoms with Gasteiger partial charge in [-0.25, -0.2) is 8.78 Å². The van der Waals surface area contributed by atoms with Crippen LogP contribution in [0, 0.1) is 11.6 Å². The van der Waals surface area contributed by atoms with E-state index < -0.39 is 23.6 Å². The number of hydrogen-bond donors (Lipinski definition) is 2. The first-order valence-electron chi connectivity index (χ1n) is 4.47. The van der Waals surface area contributed by atoms with Crippen molar-refractivity contribution in [2.75, 3.05) is 6.54 Å². The highest BCUT2D eigenvalue weighted by molar-refractivity contribution is 5.75. The normalized spacial score (nSPS) is 12.5. The second kappa shape index (κ2) is 4.84. The van der Waals surface area contributed by atoms with Crippen LogP contribution in [-0.2, 0) is 4.79 Å². The van der Waals surface area contributed by atoms with Crippen LogP contribution in [0.2, 0.25) is 0 Å². The number of carboxylic acids is 1. The number of benzene rings is 1. The lowest BCUT2D eigenvalue weighted by Gasteiger charge is -2.13. The van der Waals surface area contributed by atoms with Crippen molar-refractivity contribution in [3.05, 3.63) is 35.4 Å². The molecule has 1 atom stereocenters. The van der Waals surface area contributed by atoms with Crippen LogP contribution in [0.1, 0.15) is 18.5 Å². The van der Waals surface area contributed by atoms with Crippen LogP contribution >= 0.6 is 0 Å². The molecule has 15 heavy (non-hydrogen) atoms. The van der Waals surface area contributed by atoms with Crippen LogP contribution in [0.25, 0.3) is 0 Å². The van der Waals surface area contributed by atoms with Crippen molar-refractivity contribution >= 4 is 5.97 Å². The van der Waals surface area contributed by atoms with Gasteiger partial charge < -0.3 is 10.4 Å². The average Bonchev–Trinajstić information content (AvgIpc) is 2.18. The van der Waals surface area contributed by atoms with Crippen LogP contribution < -0.4 is 5.32 Å². The predicted octanol–water partition coefficient (Wildman–Crippen LogP) is 1.70. The monoisotopic (exact) mass is 215 g/mol. The molecule has 0 fully saturated rings. The highest BCUT2D eigenvalue weighted by Gasteiger charge is 2.19. The van der Waals surface area contributed by atoms with Crippen molar-refractivity contribution in [2.45, 2.75) is 13.0 Å². The van der Waals surface area contributed by atoms with Gasteiger partial charge in [0.05, 0.1) is 0 Å². The van der Waals surface area contributed by atoms with Gasteiger partial charge in [-0.3, -0.25) is 4.79 Å². The SMILES string of the molecule is CCN[C@H](C(=O)O)c1ccc(F)c(F)c1. The summed E-state index contributed by atoms with van der Waals surface area (Å²) in [4.78, 5) is 10.8. The lowest BCUT2D eigenvalue weighted by molar-refractivity contribution is -0.139. The van der Waals surface area contributed by atoms with E-state index in [1.54, 1.807) is 6.92 Å². The summed E-state index contributed by atoms with van der Waals surface area (Å²) >= 11 is 0. The van der Waals surface area contributed by atoms with Crippen molar-refractivity contribution in [1.29, 1.82) is 0 Å². The zero-order valence-corrected chi connectivity index (χ0v) is 8.13. The topological polar surface area (TPSA) is 49.3 Å². The second-order valence-corrected chi connectivity index (χ2v) is 3.00. The maximum Gasteiger partial charge on any atom is 0.325 e. The minimum atomic E-state index is -1.12. The fourth-order valence-corrected chi connectivity index (χ4v) is 1.24. The third-order valence-corrected chi connectivity index (χ3v) is 1.93. The molecule has 1 aromatic rings. The molecule has 2 N–H and O–H groups in total. The summed E-state index contributed by atoms with van der Waals surface area (Å²) < 4.78 is 25.5. The standard InChI is InChI=1S/C10H11F2NO2/c1-2-13-9(10(14)15)6-3-4-7(11)8(12)5-6/h3-5,9,13H,2H2,1H3,(H,14,15)/t9-/m0/s1. The smallest absolute Gasteiger partial charge is 0.325 e.